The number of nitrogens with one attached hydrogen (secondary N) is 4. The second-order valence-corrected chi connectivity index (χ2v) is 8.24. The number of halogens is 3. The third kappa shape index (κ3) is 7.69. The van der Waals surface area contributed by atoms with Gasteiger partial charge in [0.15, 0.2) is 0 Å². The second kappa shape index (κ2) is 12.1. The fourth-order valence-electron chi connectivity index (χ4n) is 3.38. The number of amides is 4. The van der Waals surface area contributed by atoms with Gasteiger partial charge in [-0.25, -0.2) is 4.79 Å². The van der Waals surface area contributed by atoms with E-state index in [2.05, 4.69) is 26.3 Å². The number of nitrogens with zero attached hydrogens (tertiary/aromatic N) is 1. The van der Waals surface area contributed by atoms with Gasteiger partial charge in [0, 0.05) is 45.0 Å². The second-order valence-electron chi connectivity index (χ2n) is 8.24. The monoisotopic (exact) mass is 529 g/mol. The van der Waals surface area contributed by atoms with Crippen molar-refractivity contribution in [1.29, 1.82) is 0 Å². The number of carbonyl (C=O) groups is 3. The Labute approximate surface area is 216 Å². The van der Waals surface area contributed by atoms with Crippen LogP contribution in [0.4, 0.5) is 23.7 Å². The number of aromatic nitrogens is 1. The van der Waals surface area contributed by atoms with Crippen molar-refractivity contribution >= 4 is 23.5 Å². The Hall–Kier alpha value is -4.61. The van der Waals surface area contributed by atoms with Crippen molar-refractivity contribution in [3.8, 4) is 11.5 Å². The largest absolute Gasteiger partial charge is 0.457 e. The highest BCUT2D eigenvalue weighted by atomic mass is 19.4. The predicted octanol–water partition coefficient (Wildman–Crippen LogP) is 4.52. The van der Waals surface area contributed by atoms with Crippen molar-refractivity contribution in [1.82, 2.24) is 20.9 Å². The lowest BCUT2D eigenvalue weighted by atomic mass is 10.1. The molecule has 0 unspecified atom stereocenters. The van der Waals surface area contributed by atoms with Gasteiger partial charge in [-0.2, -0.15) is 13.2 Å². The molecular formula is C26H26F3N5O4. The Balaban J connectivity index is 1.66. The maximum Gasteiger partial charge on any atom is 0.416 e. The Bertz CT molecular complexity index is 1340. The summed E-state index contributed by atoms with van der Waals surface area (Å²) in [5.74, 6) is 0.236. The minimum absolute atomic E-state index is 0.0498. The normalized spacial score (nSPS) is 10.9. The first-order valence-corrected chi connectivity index (χ1v) is 11.4. The first-order chi connectivity index (χ1) is 18.0. The number of carbonyl (C=O) groups excluding carboxylic acids is 3. The molecule has 200 valence electrons. The van der Waals surface area contributed by atoms with Crippen LogP contribution in [0.2, 0.25) is 0 Å². The highest BCUT2D eigenvalue weighted by Crippen LogP contribution is 2.32. The van der Waals surface area contributed by atoms with Gasteiger partial charge in [-0.1, -0.05) is 18.2 Å². The molecule has 1 heterocycles. The molecule has 12 heteroatoms. The molecule has 0 aliphatic heterocycles. The van der Waals surface area contributed by atoms with Crippen LogP contribution in [0.5, 0.6) is 11.5 Å². The van der Waals surface area contributed by atoms with E-state index in [-0.39, 0.29) is 36.3 Å². The lowest BCUT2D eigenvalue weighted by Gasteiger charge is -2.16. The number of hydrogen-bond donors (Lipinski definition) is 4. The number of aryl methyl sites for hydroxylation is 1. The van der Waals surface area contributed by atoms with Crippen LogP contribution in [-0.2, 0) is 24.1 Å². The molecule has 1 aromatic heterocycles. The molecule has 0 aliphatic carbocycles. The average molecular weight is 530 g/mol. The highest BCUT2D eigenvalue weighted by molar-refractivity contribution is 5.92. The van der Waals surface area contributed by atoms with Gasteiger partial charge >= 0.3 is 12.2 Å². The van der Waals surface area contributed by atoms with E-state index in [9.17, 15) is 27.6 Å². The standard InChI is InChI=1S/C26H26F3N5O4/c1-15-10-17(4-7-23(15)38-20-8-9-31-22(12-20)24(36)30-3)13-33-25(37)34-21-11-19(26(27,28)29)6-5-18(21)14-32-16(2)35/h4-12H,13-14H2,1-3H3,(H,30,36)(H,32,35)(H2,33,34,37). The number of anilines is 1. The number of ether oxygens (including phenoxy) is 1. The Morgan fingerprint density at radius 2 is 1.74 bits per heavy atom. The van der Waals surface area contributed by atoms with E-state index in [0.29, 0.717) is 22.6 Å². The minimum atomic E-state index is -4.60. The van der Waals surface area contributed by atoms with E-state index < -0.39 is 17.8 Å². The third-order valence-corrected chi connectivity index (χ3v) is 5.32. The molecule has 38 heavy (non-hydrogen) atoms. The van der Waals surface area contributed by atoms with E-state index in [1.165, 1.54) is 32.3 Å². The SMILES string of the molecule is CNC(=O)c1cc(Oc2ccc(CNC(=O)Nc3cc(C(F)(F)F)ccc3CNC(C)=O)cc2C)ccn1. The summed E-state index contributed by atoms with van der Waals surface area (Å²) in [7, 11) is 1.50. The molecule has 3 rings (SSSR count). The van der Waals surface area contributed by atoms with Crippen LogP contribution in [0.15, 0.2) is 54.7 Å². The Morgan fingerprint density at radius 1 is 0.974 bits per heavy atom. The lowest BCUT2D eigenvalue weighted by Crippen LogP contribution is -2.29. The zero-order valence-electron chi connectivity index (χ0n) is 20.8. The molecule has 0 bridgehead atoms. The molecule has 0 radical (unpaired) electrons. The smallest absolute Gasteiger partial charge is 0.416 e. The van der Waals surface area contributed by atoms with Crippen molar-refractivity contribution < 1.29 is 32.3 Å². The van der Waals surface area contributed by atoms with Crippen LogP contribution in [0, 0.1) is 6.92 Å². The zero-order chi connectivity index (χ0) is 27.9. The maximum atomic E-state index is 13.2. The number of benzene rings is 2. The molecule has 0 saturated heterocycles. The van der Waals surface area contributed by atoms with Gasteiger partial charge in [0.25, 0.3) is 5.91 Å². The van der Waals surface area contributed by atoms with Crippen LogP contribution >= 0.6 is 0 Å². The molecule has 4 N–H and O–H groups in total. The highest BCUT2D eigenvalue weighted by Gasteiger charge is 2.31. The molecule has 0 saturated carbocycles. The zero-order valence-corrected chi connectivity index (χ0v) is 20.8. The lowest BCUT2D eigenvalue weighted by molar-refractivity contribution is -0.137. The quantitative estimate of drug-likeness (QED) is 0.342. The van der Waals surface area contributed by atoms with Crippen LogP contribution < -0.4 is 26.0 Å². The van der Waals surface area contributed by atoms with Crippen molar-refractivity contribution in [3.05, 3.63) is 82.7 Å². The first-order valence-electron chi connectivity index (χ1n) is 11.4. The molecule has 4 amide bonds. The van der Waals surface area contributed by atoms with Crippen molar-refractivity contribution in [3.63, 3.8) is 0 Å². The fourth-order valence-corrected chi connectivity index (χ4v) is 3.38. The summed E-state index contributed by atoms with van der Waals surface area (Å²) >= 11 is 0. The summed E-state index contributed by atoms with van der Waals surface area (Å²) < 4.78 is 45.4. The van der Waals surface area contributed by atoms with Gasteiger partial charge in [-0.15, -0.1) is 0 Å². The number of hydrogen-bond acceptors (Lipinski definition) is 5. The maximum absolute atomic E-state index is 13.2. The van der Waals surface area contributed by atoms with Crippen molar-refractivity contribution in [2.45, 2.75) is 33.1 Å². The van der Waals surface area contributed by atoms with Crippen LogP contribution in [0.3, 0.4) is 0 Å². The van der Waals surface area contributed by atoms with E-state index in [1.807, 2.05) is 0 Å². The van der Waals surface area contributed by atoms with Crippen LogP contribution in [0.25, 0.3) is 0 Å². The Kier molecular flexibility index (Phi) is 8.89. The number of alkyl halides is 3. The van der Waals surface area contributed by atoms with Gasteiger partial charge in [0.1, 0.15) is 17.2 Å². The van der Waals surface area contributed by atoms with E-state index >= 15 is 0 Å². The minimum Gasteiger partial charge on any atom is -0.457 e. The molecule has 3 aromatic rings. The van der Waals surface area contributed by atoms with Gasteiger partial charge in [0.2, 0.25) is 5.91 Å². The number of rotatable bonds is 8. The van der Waals surface area contributed by atoms with Gasteiger partial charge in [-0.3, -0.25) is 14.6 Å². The summed E-state index contributed by atoms with van der Waals surface area (Å²) in [4.78, 5) is 39.5. The molecule has 9 nitrogen and oxygen atoms in total. The molecule has 0 spiro atoms. The van der Waals surface area contributed by atoms with Crippen molar-refractivity contribution in [2.75, 3.05) is 12.4 Å². The van der Waals surface area contributed by atoms with E-state index in [0.717, 1.165) is 17.7 Å². The molecule has 0 fully saturated rings. The van der Waals surface area contributed by atoms with Crippen LogP contribution in [-0.4, -0.2) is 29.9 Å². The summed E-state index contributed by atoms with van der Waals surface area (Å²) in [6, 6.07) is 10.5. The molecule has 2 aromatic carbocycles. The molecule has 0 aliphatic rings. The van der Waals surface area contributed by atoms with Gasteiger partial charge < -0.3 is 26.0 Å². The number of urea groups is 1. The summed E-state index contributed by atoms with van der Waals surface area (Å²) in [5, 5.41) is 10.0. The third-order valence-electron chi connectivity index (χ3n) is 5.32. The topological polar surface area (TPSA) is 121 Å². The summed E-state index contributed by atoms with van der Waals surface area (Å²) in [5.41, 5.74) is 0.986. The predicted molar refractivity (Wildman–Crippen MR) is 134 cm³/mol. The van der Waals surface area contributed by atoms with Gasteiger partial charge in [0.05, 0.1) is 5.56 Å². The fraction of sp³-hybridized carbons (Fsp3) is 0.231. The van der Waals surface area contributed by atoms with E-state index in [4.69, 9.17) is 4.74 Å². The summed E-state index contributed by atoms with van der Waals surface area (Å²) in [6.45, 7) is 3.12. The Morgan fingerprint density at radius 3 is 2.39 bits per heavy atom. The van der Waals surface area contributed by atoms with Gasteiger partial charge in [-0.05, 0) is 47.9 Å². The van der Waals surface area contributed by atoms with Crippen molar-refractivity contribution in [2.24, 2.45) is 0 Å². The molecular weight excluding hydrogens is 503 g/mol. The average Bonchev–Trinajstić information content (AvgIpc) is 2.87. The summed E-state index contributed by atoms with van der Waals surface area (Å²) in [6.07, 6.45) is -3.14. The number of pyridine rings is 1. The molecule has 0 atom stereocenters. The van der Waals surface area contributed by atoms with E-state index in [1.54, 1.807) is 31.2 Å². The van der Waals surface area contributed by atoms with Crippen LogP contribution in [0.1, 0.15) is 39.7 Å². The first kappa shape index (κ1) is 28.0.